The molecule has 9 heteroatoms. The molecule has 2 aliphatic heterocycles. The van der Waals surface area contributed by atoms with Gasteiger partial charge in [-0.25, -0.2) is 9.98 Å². The maximum absolute atomic E-state index is 12.8. The fourth-order valence-corrected chi connectivity index (χ4v) is 5.20. The number of hydrogen-bond acceptors (Lipinski definition) is 7. The smallest absolute Gasteiger partial charge is 0.221 e. The molecule has 4 rings (SSSR count). The molecule has 1 aromatic carbocycles. The SMILES string of the molecule is COc1ccc(C(C)NC(=O)CC2CN(C3(C)C=CNC(n4ccnc4)=N3)CCS2)cc1. The molecule has 1 amide bonds. The Bertz CT molecular complexity index is 975. The van der Waals surface area contributed by atoms with E-state index in [1.807, 2.05) is 59.9 Å². The average Bonchev–Trinajstić information content (AvgIpc) is 3.34. The second kappa shape index (κ2) is 9.79. The summed E-state index contributed by atoms with van der Waals surface area (Å²) >= 11 is 1.86. The molecule has 1 fully saturated rings. The molecule has 2 aromatic rings. The molecule has 3 unspecified atom stereocenters. The van der Waals surface area contributed by atoms with Gasteiger partial charge in [-0.2, -0.15) is 11.8 Å². The summed E-state index contributed by atoms with van der Waals surface area (Å²) in [6.45, 7) is 5.84. The molecule has 2 N–H and O–H groups in total. The zero-order valence-corrected chi connectivity index (χ0v) is 19.5. The Hall–Kier alpha value is -2.78. The third kappa shape index (κ3) is 5.16. The van der Waals surface area contributed by atoms with Gasteiger partial charge in [-0.05, 0) is 37.6 Å². The number of imidazole rings is 1. The van der Waals surface area contributed by atoms with Crippen LogP contribution in [0.15, 0.2) is 60.3 Å². The number of aromatic nitrogens is 2. The Morgan fingerprint density at radius 2 is 2.22 bits per heavy atom. The van der Waals surface area contributed by atoms with E-state index in [-0.39, 0.29) is 17.2 Å². The number of amides is 1. The van der Waals surface area contributed by atoms with Gasteiger partial charge in [0.05, 0.1) is 13.2 Å². The van der Waals surface area contributed by atoms with Gasteiger partial charge in [0.15, 0.2) is 0 Å². The van der Waals surface area contributed by atoms with E-state index in [2.05, 4.69) is 33.5 Å². The second-order valence-electron chi connectivity index (χ2n) is 8.18. The van der Waals surface area contributed by atoms with Gasteiger partial charge in [0, 0.05) is 49.1 Å². The van der Waals surface area contributed by atoms with Crippen molar-refractivity contribution in [3.05, 3.63) is 60.8 Å². The Morgan fingerprint density at radius 1 is 1.41 bits per heavy atom. The number of aliphatic imine (C=N–C) groups is 1. The number of ether oxygens (including phenoxy) is 1. The predicted octanol–water partition coefficient (Wildman–Crippen LogP) is 2.61. The molecule has 3 atom stereocenters. The first-order chi connectivity index (χ1) is 15.5. The number of nitrogens with zero attached hydrogens (tertiary/aromatic N) is 4. The molecule has 3 heterocycles. The molecule has 1 aromatic heterocycles. The van der Waals surface area contributed by atoms with E-state index in [0.29, 0.717) is 6.42 Å². The van der Waals surface area contributed by atoms with Gasteiger partial charge in [-0.3, -0.25) is 14.3 Å². The molecule has 0 aliphatic carbocycles. The zero-order chi connectivity index (χ0) is 22.6. The summed E-state index contributed by atoms with van der Waals surface area (Å²) in [5.74, 6) is 2.60. The monoisotopic (exact) mass is 454 g/mol. The highest BCUT2D eigenvalue weighted by Crippen LogP contribution is 2.30. The van der Waals surface area contributed by atoms with Crippen LogP contribution in [-0.2, 0) is 4.79 Å². The number of carbonyl (C=O) groups excluding carboxylic acids is 1. The predicted molar refractivity (Wildman–Crippen MR) is 128 cm³/mol. The highest BCUT2D eigenvalue weighted by Gasteiger charge is 2.36. The van der Waals surface area contributed by atoms with Crippen LogP contribution in [-0.4, -0.2) is 63.2 Å². The van der Waals surface area contributed by atoms with Crippen LogP contribution in [0.3, 0.4) is 0 Å². The van der Waals surface area contributed by atoms with E-state index < -0.39 is 5.66 Å². The van der Waals surface area contributed by atoms with Gasteiger partial charge < -0.3 is 15.4 Å². The van der Waals surface area contributed by atoms with Crippen LogP contribution in [0.4, 0.5) is 0 Å². The van der Waals surface area contributed by atoms with Crippen molar-refractivity contribution in [1.29, 1.82) is 0 Å². The standard InChI is InChI=1S/C23H30N6O2S/c1-17(18-4-6-19(31-3)7-5-18)26-21(30)14-20-15-29(12-13-32-20)23(2)8-9-25-22(27-23)28-11-10-24-16-28/h4-11,16-17,20H,12-15H2,1-3H3,(H,25,27)(H,26,30). The van der Waals surface area contributed by atoms with Crippen LogP contribution in [0.1, 0.15) is 31.9 Å². The van der Waals surface area contributed by atoms with Crippen molar-refractivity contribution < 1.29 is 9.53 Å². The van der Waals surface area contributed by atoms with Gasteiger partial charge in [0.25, 0.3) is 0 Å². The number of thioether (sulfide) groups is 1. The fraction of sp³-hybridized carbons (Fsp3) is 0.435. The summed E-state index contributed by atoms with van der Waals surface area (Å²) in [5, 5.41) is 6.55. The summed E-state index contributed by atoms with van der Waals surface area (Å²) < 4.78 is 7.08. The largest absolute Gasteiger partial charge is 0.497 e. The summed E-state index contributed by atoms with van der Waals surface area (Å²) in [6, 6.07) is 7.75. The quantitative estimate of drug-likeness (QED) is 0.698. The van der Waals surface area contributed by atoms with E-state index in [4.69, 9.17) is 9.73 Å². The first kappa shape index (κ1) is 22.4. The second-order valence-corrected chi connectivity index (χ2v) is 9.59. The van der Waals surface area contributed by atoms with Gasteiger partial charge >= 0.3 is 0 Å². The first-order valence-corrected chi connectivity index (χ1v) is 11.8. The van der Waals surface area contributed by atoms with Gasteiger partial charge in [-0.1, -0.05) is 12.1 Å². The Morgan fingerprint density at radius 3 is 2.94 bits per heavy atom. The van der Waals surface area contributed by atoms with E-state index in [9.17, 15) is 4.79 Å². The number of methoxy groups -OCH3 is 1. The lowest BCUT2D eigenvalue weighted by molar-refractivity contribution is -0.121. The maximum Gasteiger partial charge on any atom is 0.221 e. The Balaban J connectivity index is 1.35. The van der Waals surface area contributed by atoms with E-state index in [1.54, 1.807) is 19.6 Å². The van der Waals surface area contributed by atoms with E-state index in [1.165, 1.54) is 0 Å². The maximum atomic E-state index is 12.8. The summed E-state index contributed by atoms with van der Waals surface area (Å²) in [5.41, 5.74) is 0.600. The minimum atomic E-state index is -0.461. The van der Waals surface area contributed by atoms with Crippen LogP contribution in [0.25, 0.3) is 0 Å². The van der Waals surface area contributed by atoms with Gasteiger partial charge in [0.2, 0.25) is 11.9 Å². The van der Waals surface area contributed by atoms with Crippen LogP contribution in [0, 0.1) is 0 Å². The normalized spacial score (nSPS) is 24.3. The molecule has 170 valence electrons. The van der Waals surface area contributed by atoms with E-state index >= 15 is 0 Å². The van der Waals surface area contributed by atoms with Gasteiger partial charge in [0.1, 0.15) is 17.7 Å². The zero-order valence-electron chi connectivity index (χ0n) is 18.7. The number of benzene rings is 1. The highest BCUT2D eigenvalue weighted by molar-refractivity contribution is 8.00. The van der Waals surface area contributed by atoms with Crippen LogP contribution < -0.4 is 15.4 Å². The van der Waals surface area contributed by atoms with Gasteiger partial charge in [-0.15, -0.1) is 0 Å². The topological polar surface area (TPSA) is 83.8 Å². The molecule has 0 spiro atoms. The molecule has 2 aliphatic rings. The number of nitrogens with one attached hydrogen (secondary N) is 2. The molecular formula is C23H30N6O2S. The molecule has 8 nitrogen and oxygen atoms in total. The number of carbonyl (C=O) groups is 1. The molecule has 0 radical (unpaired) electrons. The Kier molecular flexibility index (Phi) is 6.86. The lowest BCUT2D eigenvalue weighted by Crippen LogP contribution is -2.53. The summed E-state index contributed by atoms with van der Waals surface area (Å²) in [4.78, 5) is 24.2. The lowest BCUT2D eigenvalue weighted by atomic mass is 10.1. The molecule has 32 heavy (non-hydrogen) atoms. The molecule has 0 bridgehead atoms. The number of rotatable bonds is 6. The van der Waals surface area contributed by atoms with Crippen LogP contribution in [0.2, 0.25) is 0 Å². The lowest BCUT2D eigenvalue weighted by Gasteiger charge is -2.42. The van der Waals surface area contributed by atoms with Crippen LogP contribution in [0.5, 0.6) is 5.75 Å². The molecule has 1 saturated heterocycles. The van der Waals surface area contributed by atoms with E-state index in [0.717, 1.165) is 36.1 Å². The summed E-state index contributed by atoms with van der Waals surface area (Å²) in [6.07, 6.45) is 9.83. The van der Waals surface area contributed by atoms with Crippen molar-refractivity contribution in [1.82, 2.24) is 25.1 Å². The minimum Gasteiger partial charge on any atom is -0.497 e. The van der Waals surface area contributed by atoms with Crippen molar-refractivity contribution in [2.45, 2.75) is 37.2 Å². The molecular weight excluding hydrogens is 424 g/mol. The third-order valence-corrected chi connectivity index (χ3v) is 7.08. The number of hydrogen-bond donors (Lipinski definition) is 2. The van der Waals surface area contributed by atoms with Crippen molar-refractivity contribution >= 4 is 23.6 Å². The minimum absolute atomic E-state index is 0.0506. The van der Waals surface area contributed by atoms with Crippen molar-refractivity contribution in [2.24, 2.45) is 4.99 Å². The fourth-order valence-electron chi connectivity index (χ4n) is 3.99. The molecule has 0 saturated carbocycles. The van der Waals surface area contributed by atoms with Crippen LogP contribution >= 0.6 is 11.8 Å². The third-order valence-electron chi connectivity index (χ3n) is 5.88. The Labute approximate surface area is 193 Å². The van der Waals surface area contributed by atoms with Crippen molar-refractivity contribution in [3.63, 3.8) is 0 Å². The average molecular weight is 455 g/mol. The summed E-state index contributed by atoms with van der Waals surface area (Å²) in [7, 11) is 1.65. The first-order valence-electron chi connectivity index (χ1n) is 10.8. The van der Waals surface area contributed by atoms with Crippen molar-refractivity contribution in [2.75, 3.05) is 26.0 Å². The van der Waals surface area contributed by atoms with Crippen molar-refractivity contribution in [3.8, 4) is 5.75 Å². The highest BCUT2D eigenvalue weighted by atomic mass is 32.2.